The normalized spacial score (nSPS) is 10.7. The molecule has 0 fully saturated rings. The van der Waals surface area contributed by atoms with Gasteiger partial charge in [-0.15, -0.1) is 10.2 Å². The molecule has 0 unspecified atom stereocenters. The molecule has 0 saturated carbocycles. The molecule has 1 N–H and O–H groups in total. The highest BCUT2D eigenvalue weighted by Gasteiger charge is 2.05. The Hall–Kier alpha value is -1.36. The van der Waals surface area contributed by atoms with E-state index in [9.17, 15) is 4.39 Å². The summed E-state index contributed by atoms with van der Waals surface area (Å²) < 4.78 is 12.8. The number of hydrogen-bond acceptors (Lipinski definition) is 3. The van der Waals surface area contributed by atoms with Crippen LogP contribution >= 0.6 is 11.8 Å². The van der Waals surface area contributed by atoms with E-state index < -0.39 is 0 Å². The molecule has 0 amide bonds. The largest absolute Gasteiger partial charge is 0.316 e. The Bertz CT molecular complexity index is 467. The molecule has 0 aliphatic carbocycles. The molecule has 0 atom stereocenters. The van der Waals surface area contributed by atoms with Crippen LogP contribution in [0.25, 0.3) is 11.4 Å². The summed E-state index contributed by atoms with van der Waals surface area (Å²) in [6.07, 6.45) is 2.34. The minimum absolute atomic E-state index is 0.245. The first kappa shape index (κ1) is 12.1. The highest BCUT2D eigenvalue weighted by molar-refractivity contribution is 7.99. The maximum Gasteiger partial charge on any atom is 0.188 e. The lowest BCUT2D eigenvalue weighted by Gasteiger charge is -1.95. The van der Waals surface area contributed by atoms with Crippen molar-refractivity contribution >= 4 is 11.8 Å². The SMILES string of the molecule is CCCCSc1nnc(-c2ccc(F)cc2)[nH]1. The fraction of sp³-hybridized carbons (Fsp3) is 0.333. The van der Waals surface area contributed by atoms with Gasteiger partial charge in [0.2, 0.25) is 0 Å². The zero-order valence-corrected chi connectivity index (χ0v) is 10.4. The van der Waals surface area contributed by atoms with Crippen molar-refractivity contribution in [1.29, 1.82) is 0 Å². The van der Waals surface area contributed by atoms with Gasteiger partial charge in [0.1, 0.15) is 5.82 Å². The van der Waals surface area contributed by atoms with E-state index in [4.69, 9.17) is 0 Å². The van der Waals surface area contributed by atoms with Crippen molar-refractivity contribution in [2.75, 3.05) is 5.75 Å². The van der Waals surface area contributed by atoms with Gasteiger partial charge in [0, 0.05) is 11.3 Å². The van der Waals surface area contributed by atoms with Crippen LogP contribution in [0.4, 0.5) is 4.39 Å². The van der Waals surface area contributed by atoms with Crippen LogP contribution in [0.5, 0.6) is 0 Å². The zero-order valence-electron chi connectivity index (χ0n) is 9.61. The molecule has 17 heavy (non-hydrogen) atoms. The average molecular weight is 251 g/mol. The lowest BCUT2D eigenvalue weighted by molar-refractivity contribution is 0.628. The van der Waals surface area contributed by atoms with Gasteiger partial charge in [0.15, 0.2) is 11.0 Å². The number of nitrogens with one attached hydrogen (secondary N) is 1. The molecular formula is C12H14FN3S. The molecule has 90 valence electrons. The van der Waals surface area contributed by atoms with Gasteiger partial charge in [-0.2, -0.15) is 0 Å². The van der Waals surface area contributed by atoms with Crippen molar-refractivity contribution < 1.29 is 4.39 Å². The average Bonchev–Trinajstić information content (AvgIpc) is 2.79. The molecule has 3 nitrogen and oxygen atoms in total. The summed E-state index contributed by atoms with van der Waals surface area (Å²) in [6, 6.07) is 6.22. The third-order valence-electron chi connectivity index (χ3n) is 2.32. The predicted molar refractivity (Wildman–Crippen MR) is 67.4 cm³/mol. The Morgan fingerprint density at radius 2 is 2.00 bits per heavy atom. The fourth-order valence-electron chi connectivity index (χ4n) is 1.36. The molecule has 0 aliphatic heterocycles. The molecule has 1 heterocycles. The highest BCUT2D eigenvalue weighted by Crippen LogP contribution is 2.20. The maximum atomic E-state index is 12.8. The number of aromatic amines is 1. The first-order chi connectivity index (χ1) is 8.29. The first-order valence-electron chi connectivity index (χ1n) is 5.61. The first-order valence-corrected chi connectivity index (χ1v) is 6.59. The van der Waals surface area contributed by atoms with Crippen LogP contribution in [0.3, 0.4) is 0 Å². The van der Waals surface area contributed by atoms with Crippen LogP contribution in [-0.2, 0) is 0 Å². The molecule has 2 aromatic rings. The molecule has 2 rings (SSSR count). The van der Waals surface area contributed by atoms with Gasteiger partial charge in [-0.05, 0) is 30.7 Å². The summed E-state index contributed by atoms with van der Waals surface area (Å²) in [5, 5.41) is 8.91. The lowest BCUT2D eigenvalue weighted by Crippen LogP contribution is -1.82. The molecule has 5 heteroatoms. The molecule has 0 radical (unpaired) electrons. The van der Waals surface area contributed by atoms with E-state index in [-0.39, 0.29) is 5.82 Å². The number of benzene rings is 1. The van der Waals surface area contributed by atoms with Crippen molar-refractivity contribution in [3.8, 4) is 11.4 Å². The van der Waals surface area contributed by atoms with E-state index in [2.05, 4.69) is 22.1 Å². The van der Waals surface area contributed by atoms with Gasteiger partial charge in [0.25, 0.3) is 0 Å². The van der Waals surface area contributed by atoms with Crippen LogP contribution < -0.4 is 0 Å². The van der Waals surface area contributed by atoms with E-state index in [1.54, 1.807) is 23.9 Å². The summed E-state index contributed by atoms with van der Waals surface area (Å²) in [6.45, 7) is 2.16. The van der Waals surface area contributed by atoms with Crippen molar-refractivity contribution in [2.24, 2.45) is 0 Å². The van der Waals surface area contributed by atoms with Gasteiger partial charge < -0.3 is 4.98 Å². The molecule has 1 aromatic carbocycles. The molecular weight excluding hydrogens is 237 g/mol. The standard InChI is InChI=1S/C12H14FN3S/c1-2-3-8-17-12-14-11(15-16-12)9-4-6-10(13)7-5-9/h4-7H,2-3,8H2,1H3,(H,14,15,16). The molecule has 0 aliphatic rings. The molecule has 0 bridgehead atoms. The van der Waals surface area contributed by atoms with E-state index >= 15 is 0 Å². The number of halogens is 1. The Morgan fingerprint density at radius 1 is 1.24 bits per heavy atom. The number of nitrogens with zero attached hydrogens (tertiary/aromatic N) is 2. The Morgan fingerprint density at radius 3 is 2.71 bits per heavy atom. The monoisotopic (exact) mass is 251 g/mol. The number of hydrogen-bond donors (Lipinski definition) is 1. The van der Waals surface area contributed by atoms with E-state index in [1.807, 2.05) is 0 Å². The van der Waals surface area contributed by atoms with Crippen LogP contribution in [0, 0.1) is 5.82 Å². The summed E-state index contributed by atoms with van der Waals surface area (Å²) in [5.41, 5.74) is 0.848. The van der Waals surface area contributed by atoms with Crippen molar-refractivity contribution in [3.05, 3.63) is 30.1 Å². The zero-order chi connectivity index (χ0) is 12.1. The van der Waals surface area contributed by atoms with Gasteiger partial charge >= 0.3 is 0 Å². The van der Waals surface area contributed by atoms with Gasteiger partial charge in [-0.1, -0.05) is 25.1 Å². The van der Waals surface area contributed by atoms with Crippen molar-refractivity contribution in [3.63, 3.8) is 0 Å². The topological polar surface area (TPSA) is 41.6 Å². The second-order valence-electron chi connectivity index (χ2n) is 3.69. The number of rotatable bonds is 5. The van der Waals surface area contributed by atoms with Crippen LogP contribution in [0.1, 0.15) is 19.8 Å². The number of thioether (sulfide) groups is 1. The summed E-state index contributed by atoms with van der Waals surface area (Å²) in [4.78, 5) is 3.13. The molecule has 0 saturated heterocycles. The Balaban J connectivity index is 2.04. The second kappa shape index (κ2) is 5.82. The van der Waals surface area contributed by atoms with Gasteiger partial charge in [-0.25, -0.2) is 4.39 Å². The van der Waals surface area contributed by atoms with E-state index in [0.717, 1.165) is 22.9 Å². The summed E-state index contributed by atoms with van der Waals surface area (Å²) in [5.74, 6) is 1.48. The Kier molecular flexibility index (Phi) is 4.14. The minimum atomic E-state index is -0.245. The molecule has 0 spiro atoms. The lowest BCUT2D eigenvalue weighted by atomic mass is 10.2. The minimum Gasteiger partial charge on any atom is -0.316 e. The predicted octanol–water partition coefficient (Wildman–Crippen LogP) is 3.50. The quantitative estimate of drug-likeness (QED) is 0.653. The number of H-pyrrole nitrogens is 1. The summed E-state index contributed by atoms with van der Waals surface area (Å²) in [7, 11) is 0. The summed E-state index contributed by atoms with van der Waals surface area (Å²) >= 11 is 1.66. The number of aromatic nitrogens is 3. The van der Waals surface area contributed by atoms with Crippen molar-refractivity contribution in [2.45, 2.75) is 24.9 Å². The van der Waals surface area contributed by atoms with Gasteiger partial charge in [-0.3, -0.25) is 0 Å². The van der Waals surface area contributed by atoms with E-state index in [0.29, 0.717) is 5.82 Å². The number of unbranched alkanes of at least 4 members (excludes halogenated alkanes) is 1. The van der Waals surface area contributed by atoms with Crippen LogP contribution in [-0.4, -0.2) is 20.9 Å². The third-order valence-corrected chi connectivity index (χ3v) is 3.27. The second-order valence-corrected chi connectivity index (χ2v) is 4.77. The third kappa shape index (κ3) is 3.30. The fourth-order valence-corrected chi connectivity index (χ4v) is 2.26. The molecule has 1 aromatic heterocycles. The maximum absolute atomic E-state index is 12.8. The Labute approximate surface area is 104 Å². The van der Waals surface area contributed by atoms with Crippen LogP contribution in [0.15, 0.2) is 29.4 Å². The van der Waals surface area contributed by atoms with E-state index in [1.165, 1.54) is 18.6 Å². The highest BCUT2D eigenvalue weighted by atomic mass is 32.2. The van der Waals surface area contributed by atoms with Gasteiger partial charge in [0.05, 0.1) is 0 Å². The smallest absolute Gasteiger partial charge is 0.188 e. The van der Waals surface area contributed by atoms with Crippen LogP contribution in [0.2, 0.25) is 0 Å². The van der Waals surface area contributed by atoms with Crippen molar-refractivity contribution in [1.82, 2.24) is 15.2 Å².